The summed E-state index contributed by atoms with van der Waals surface area (Å²) in [6.45, 7) is -0.102. The molecule has 0 saturated heterocycles. The fourth-order valence-corrected chi connectivity index (χ4v) is 5.17. The monoisotopic (exact) mass is 546 g/mol. The van der Waals surface area contributed by atoms with Gasteiger partial charge < -0.3 is 9.47 Å². The van der Waals surface area contributed by atoms with Crippen molar-refractivity contribution in [1.29, 1.82) is 5.41 Å². The minimum atomic E-state index is -0.539. The third-order valence-corrected chi connectivity index (χ3v) is 6.91. The molecule has 3 aromatic rings. The third kappa shape index (κ3) is 4.79. The summed E-state index contributed by atoms with van der Waals surface area (Å²) in [6.07, 6.45) is 1.52. The molecule has 0 unspecified atom stereocenters. The Hall–Kier alpha value is -4.41. The smallest absolute Gasteiger partial charge is 0.283 e. The van der Waals surface area contributed by atoms with Crippen LogP contribution in [-0.4, -0.2) is 33.8 Å². The molecule has 1 N–H and O–H groups in total. The van der Waals surface area contributed by atoms with Crippen LogP contribution in [0.4, 0.5) is 5.69 Å². The van der Waals surface area contributed by atoms with Crippen molar-refractivity contribution in [3.63, 3.8) is 0 Å². The zero-order valence-corrected chi connectivity index (χ0v) is 21.5. The number of carbonyl (C=O) groups is 1. The Bertz CT molecular complexity index is 1570. The molecule has 11 heteroatoms. The van der Waals surface area contributed by atoms with Crippen molar-refractivity contribution >= 4 is 57.7 Å². The molecule has 0 bridgehead atoms. The normalized spacial score (nSPS) is 15.7. The van der Waals surface area contributed by atoms with Crippen LogP contribution in [0.1, 0.15) is 16.7 Å². The van der Waals surface area contributed by atoms with Gasteiger partial charge in [-0.1, -0.05) is 65.8 Å². The Kier molecular flexibility index (Phi) is 6.99. The number of fused-ring (bicyclic) bond motifs is 1. The number of hydrogen-bond acceptors (Lipinski definition) is 7. The van der Waals surface area contributed by atoms with E-state index in [0.29, 0.717) is 16.3 Å². The second-order valence-electron chi connectivity index (χ2n) is 8.14. The van der Waals surface area contributed by atoms with E-state index in [9.17, 15) is 14.9 Å². The number of rotatable bonds is 7. The fraction of sp³-hybridized carbons (Fsp3) is 0.0741. The zero-order valence-electron chi connectivity index (χ0n) is 19.9. The highest BCUT2D eigenvalue weighted by atomic mass is 35.5. The van der Waals surface area contributed by atoms with E-state index >= 15 is 0 Å². The van der Waals surface area contributed by atoms with Crippen LogP contribution in [0.25, 0.3) is 11.8 Å². The Morgan fingerprint density at radius 2 is 1.89 bits per heavy atom. The first kappa shape index (κ1) is 25.2. The maximum absolute atomic E-state index is 12.8. The van der Waals surface area contributed by atoms with Crippen molar-refractivity contribution in [3.05, 3.63) is 110 Å². The van der Waals surface area contributed by atoms with Crippen molar-refractivity contribution in [1.82, 2.24) is 4.90 Å². The molecule has 5 rings (SSSR count). The quantitative estimate of drug-likeness (QED) is 0.215. The van der Waals surface area contributed by atoms with E-state index < -0.39 is 10.8 Å². The number of para-hydroxylation sites is 1. The minimum Gasteiger partial charge on any atom is -0.493 e. The molecule has 0 radical (unpaired) electrons. The summed E-state index contributed by atoms with van der Waals surface area (Å²) in [7, 11) is 1.43. The molecule has 2 heterocycles. The predicted octanol–water partition coefficient (Wildman–Crippen LogP) is 6.14. The molecule has 0 saturated carbocycles. The van der Waals surface area contributed by atoms with Gasteiger partial charge in [0.1, 0.15) is 12.4 Å². The Morgan fingerprint density at radius 1 is 1.16 bits per heavy atom. The van der Waals surface area contributed by atoms with Crippen molar-refractivity contribution in [2.45, 2.75) is 6.61 Å². The van der Waals surface area contributed by atoms with E-state index in [0.717, 1.165) is 11.3 Å². The molecule has 38 heavy (non-hydrogen) atoms. The lowest BCUT2D eigenvalue weighted by atomic mass is 10.1. The first-order valence-corrected chi connectivity index (χ1v) is 12.5. The zero-order chi connectivity index (χ0) is 26.8. The second-order valence-corrected chi connectivity index (χ2v) is 9.38. The van der Waals surface area contributed by atoms with E-state index in [1.807, 2.05) is 35.7 Å². The van der Waals surface area contributed by atoms with E-state index in [4.69, 9.17) is 26.5 Å². The van der Waals surface area contributed by atoms with Crippen LogP contribution in [0.5, 0.6) is 11.5 Å². The van der Waals surface area contributed by atoms with Crippen LogP contribution in [0.3, 0.4) is 0 Å². The van der Waals surface area contributed by atoms with Crippen molar-refractivity contribution < 1.29 is 19.2 Å². The van der Waals surface area contributed by atoms with Gasteiger partial charge in [0.05, 0.1) is 33.9 Å². The number of carbonyl (C=O) groups excluding carboxylic acids is 1. The highest BCUT2D eigenvalue weighted by molar-refractivity contribution is 8.17. The summed E-state index contributed by atoms with van der Waals surface area (Å²) in [5, 5.41) is 22.6. The lowest BCUT2D eigenvalue weighted by molar-refractivity contribution is -0.385. The number of nitrogens with zero attached hydrogens (tertiary/aromatic N) is 3. The maximum Gasteiger partial charge on any atom is 0.283 e. The number of nitrogens with one attached hydrogen (secondary N) is 1. The number of aliphatic imine (C=N–C) groups is 1. The standard InChI is InChI=1S/C27H19ClN4O5S/c1-36-23-13-16(12-20(28)24(23)37-14-18-9-5-6-10-21(18)32(34)35)11-19-25(29)31-22(17-7-3-2-4-8-17)15-38-27(31)30-26(19)33/h2-13,15,29H,14H2,1H3/b19-11-,29-25?. The number of amides is 1. The SMILES string of the molecule is COc1cc(/C=C2/C(=N)N3C(c4ccccc4)=CSC3=NC2=O)cc(Cl)c1OCc1ccccc1[N+](=O)[O-]. The van der Waals surface area contributed by atoms with Crippen molar-refractivity contribution in [3.8, 4) is 11.5 Å². The van der Waals surface area contributed by atoms with Gasteiger partial charge in [-0.15, -0.1) is 0 Å². The van der Waals surface area contributed by atoms with E-state index in [2.05, 4.69) is 4.99 Å². The summed E-state index contributed by atoms with van der Waals surface area (Å²) in [4.78, 5) is 29.5. The van der Waals surface area contributed by atoms with E-state index in [1.54, 1.807) is 35.2 Å². The number of nitro benzene ring substituents is 1. The molecule has 0 atom stereocenters. The topological polar surface area (TPSA) is 118 Å². The molecule has 9 nitrogen and oxygen atoms in total. The number of hydrogen-bond donors (Lipinski definition) is 1. The van der Waals surface area contributed by atoms with Gasteiger partial charge in [-0.3, -0.25) is 25.2 Å². The molecule has 0 aromatic heterocycles. The minimum absolute atomic E-state index is 0.00749. The Labute approximate surface area is 226 Å². The largest absolute Gasteiger partial charge is 0.493 e. The average Bonchev–Trinajstić information content (AvgIpc) is 3.34. The van der Waals surface area contributed by atoms with Gasteiger partial charge >= 0.3 is 0 Å². The van der Waals surface area contributed by atoms with Crippen molar-refractivity contribution in [2.24, 2.45) is 4.99 Å². The number of amidine groups is 2. The van der Waals surface area contributed by atoms with Crippen LogP contribution in [0.2, 0.25) is 5.02 Å². The van der Waals surface area contributed by atoms with Gasteiger partial charge in [0.25, 0.3) is 11.6 Å². The Balaban J connectivity index is 1.44. The lowest BCUT2D eigenvalue weighted by Crippen LogP contribution is -2.38. The number of halogens is 1. The van der Waals surface area contributed by atoms with Crippen LogP contribution in [0.15, 0.2) is 82.7 Å². The van der Waals surface area contributed by atoms with Gasteiger partial charge in [-0.25, -0.2) is 0 Å². The molecule has 1 amide bonds. The summed E-state index contributed by atoms with van der Waals surface area (Å²) in [5.41, 5.74) is 2.55. The van der Waals surface area contributed by atoms with Gasteiger partial charge in [0.15, 0.2) is 16.7 Å². The molecule has 0 fully saturated rings. The molecule has 2 aliphatic rings. The Morgan fingerprint density at radius 3 is 2.63 bits per heavy atom. The van der Waals surface area contributed by atoms with Crippen LogP contribution in [-0.2, 0) is 11.4 Å². The van der Waals surface area contributed by atoms with Crippen LogP contribution in [0, 0.1) is 15.5 Å². The molecule has 2 aliphatic heterocycles. The summed E-state index contributed by atoms with van der Waals surface area (Å²) in [5.74, 6) is -0.0799. The van der Waals surface area contributed by atoms with Crippen LogP contribution < -0.4 is 9.47 Å². The highest BCUT2D eigenvalue weighted by Crippen LogP contribution is 2.40. The molecule has 190 valence electrons. The van der Waals surface area contributed by atoms with Gasteiger partial charge in [-0.2, -0.15) is 4.99 Å². The molecule has 0 aliphatic carbocycles. The van der Waals surface area contributed by atoms with Gasteiger partial charge in [0.2, 0.25) is 0 Å². The number of nitro groups is 1. The van der Waals surface area contributed by atoms with E-state index in [-0.39, 0.29) is 40.2 Å². The first-order chi connectivity index (χ1) is 18.4. The van der Waals surface area contributed by atoms with Crippen molar-refractivity contribution in [2.75, 3.05) is 7.11 Å². The number of benzene rings is 3. The van der Waals surface area contributed by atoms with Gasteiger partial charge in [-0.05, 0) is 35.4 Å². The van der Waals surface area contributed by atoms with E-state index in [1.165, 1.54) is 31.0 Å². The molecular weight excluding hydrogens is 528 g/mol. The molecule has 0 spiro atoms. The third-order valence-electron chi connectivity index (χ3n) is 5.81. The predicted molar refractivity (Wildman–Crippen MR) is 147 cm³/mol. The number of thioether (sulfide) groups is 1. The fourth-order valence-electron chi connectivity index (χ4n) is 4.01. The number of methoxy groups -OCH3 is 1. The van der Waals surface area contributed by atoms with Crippen LogP contribution >= 0.6 is 23.4 Å². The first-order valence-electron chi connectivity index (χ1n) is 11.3. The molecular formula is C27H19ClN4O5S. The lowest BCUT2D eigenvalue weighted by Gasteiger charge is -2.27. The summed E-state index contributed by atoms with van der Waals surface area (Å²) >= 11 is 7.79. The average molecular weight is 547 g/mol. The second kappa shape index (κ2) is 10.5. The maximum atomic E-state index is 12.8. The van der Waals surface area contributed by atoms with Gasteiger partial charge in [0, 0.05) is 11.5 Å². The molecule has 3 aromatic carbocycles. The highest BCUT2D eigenvalue weighted by Gasteiger charge is 2.36. The summed E-state index contributed by atoms with van der Waals surface area (Å²) in [6, 6.07) is 19.0. The number of ether oxygens (including phenoxy) is 2. The summed E-state index contributed by atoms with van der Waals surface area (Å²) < 4.78 is 11.3.